The molecule has 3 rings (SSSR count). The first-order chi connectivity index (χ1) is 15.9. The first-order valence-electron chi connectivity index (χ1n) is 11.0. The van der Waals surface area contributed by atoms with Crippen LogP contribution in [0.4, 0.5) is 9.59 Å². The van der Waals surface area contributed by atoms with Crippen LogP contribution in [0.5, 0.6) is 0 Å². The zero-order chi connectivity index (χ0) is 24.9. The highest BCUT2D eigenvalue weighted by atomic mass is 16.6. The van der Waals surface area contributed by atoms with E-state index in [0.29, 0.717) is 18.0 Å². The van der Waals surface area contributed by atoms with Gasteiger partial charge in [-0.25, -0.2) is 19.1 Å². The number of imidazole rings is 1. The molecule has 1 N–H and O–H groups in total. The largest absolute Gasteiger partial charge is 0.444 e. The summed E-state index contributed by atoms with van der Waals surface area (Å²) in [6.45, 7) is 10.7. The summed E-state index contributed by atoms with van der Waals surface area (Å²) in [6, 6.07) is 9.00. The number of nitrogens with zero attached hydrogens (tertiary/aromatic N) is 4. The Balaban J connectivity index is 1.78. The molecule has 0 saturated carbocycles. The molecule has 0 unspecified atom stereocenters. The summed E-state index contributed by atoms with van der Waals surface area (Å²) in [5.41, 5.74) is 0.224. The second-order valence-electron chi connectivity index (χ2n) is 9.85. The fourth-order valence-corrected chi connectivity index (χ4v) is 2.99. The summed E-state index contributed by atoms with van der Waals surface area (Å²) in [4.78, 5) is 29.1. The minimum atomic E-state index is -0.714. The summed E-state index contributed by atoms with van der Waals surface area (Å²) in [5, 5.41) is 11.0. The van der Waals surface area contributed by atoms with Crippen molar-refractivity contribution < 1.29 is 23.5 Å². The molecule has 0 aliphatic carbocycles. The zero-order valence-electron chi connectivity index (χ0n) is 20.4. The maximum absolute atomic E-state index is 12.5. The van der Waals surface area contributed by atoms with Crippen LogP contribution in [-0.2, 0) is 22.3 Å². The van der Waals surface area contributed by atoms with Crippen molar-refractivity contribution in [2.45, 2.75) is 71.6 Å². The number of nitrogens with one attached hydrogen (secondary N) is 1. The summed E-state index contributed by atoms with van der Waals surface area (Å²) >= 11 is 0. The van der Waals surface area contributed by atoms with Crippen LogP contribution in [0.25, 0.3) is 0 Å². The molecule has 182 valence electrons. The number of carbonyl (C=O) groups is 2. The van der Waals surface area contributed by atoms with Crippen molar-refractivity contribution in [1.29, 1.82) is 0 Å². The molecule has 10 heteroatoms. The van der Waals surface area contributed by atoms with Gasteiger partial charge in [-0.05, 0) is 47.1 Å². The van der Waals surface area contributed by atoms with E-state index >= 15 is 0 Å². The smallest absolute Gasteiger partial charge is 0.419 e. The lowest BCUT2D eigenvalue weighted by Gasteiger charge is -2.22. The molecule has 0 aliphatic rings. The summed E-state index contributed by atoms with van der Waals surface area (Å²) < 4.78 is 17.9. The molecule has 2 aromatic heterocycles. The van der Waals surface area contributed by atoms with Crippen LogP contribution >= 0.6 is 0 Å². The van der Waals surface area contributed by atoms with Crippen LogP contribution in [0.3, 0.4) is 0 Å². The molecule has 34 heavy (non-hydrogen) atoms. The maximum Gasteiger partial charge on any atom is 0.419 e. The fraction of sp³-hybridized carbons (Fsp3) is 0.458. The van der Waals surface area contributed by atoms with Crippen molar-refractivity contribution in [1.82, 2.24) is 25.1 Å². The van der Waals surface area contributed by atoms with E-state index in [0.717, 1.165) is 5.56 Å². The Kier molecular flexibility index (Phi) is 7.38. The van der Waals surface area contributed by atoms with E-state index in [-0.39, 0.29) is 12.3 Å². The normalized spacial score (nSPS) is 12.8. The van der Waals surface area contributed by atoms with Crippen LogP contribution in [-0.4, -0.2) is 43.1 Å². The van der Waals surface area contributed by atoms with Crippen molar-refractivity contribution >= 4 is 12.2 Å². The lowest BCUT2D eigenvalue weighted by Crippen LogP contribution is -2.36. The van der Waals surface area contributed by atoms with Crippen molar-refractivity contribution in [3.05, 3.63) is 65.9 Å². The Morgan fingerprint density at radius 2 is 1.71 bits per heavy atom. The number of ether oxygens (including phenoxy) is 2. The van der Waals surface area contributed by atoms with Crippen LogP contribution in [0, 0.1) is 0 Å². The molecule has 2 heterocycles. The van der Waals surface area contributed by atoms with Gasteiger partial charge in [0.15, 0.2) is 0 Å². The van der Waals surface area contributed by atoms with Gasteiger partial charge >= 0.3 is 12.2 Å². The average Bonchev–Trinajstić information content (AvgIpc) is 3.35. The van der Waals surface area contributed by atoms with Gasteiger partial charge < -0.3 is 19.2 Å². The number of rotatable bonds is 6. The van der Waals surface area contributed by atoms with Crippen LogP contribution < -0.4 is 5.32 Å². The zero-order valence-corrected chi connectivity index (χ0v) is 20.4. The summed E-state index contributed by atoms with van der Waals surface area (Å²) in [6.07, 6.45) is 2.38. The van der Waals surface area contributed by atoms with E-state index in [1.807, 2.05) is 30.3 Å². The van der Waals surface area contributed by atoms with Crippen LogP contribution in [0.15, 0.2) is 47.3 Å². The van der Waals surface area contributed by atoms with Crippen molar-refractivity contribution in [2.75, 3.05) is 0 Å². The van der Waals surface area contributed by atoms with E-state index in [9.17, 15) is 9.59 Å². The molecular formula is C24H31N5O5. The Hall–Kier alpha value is -3.69. The fourth-order valence-electron chi connectivity index (χ4n) is 2.99. The highest BCUT2D eigenvalue weighted by Crippen LogP contribution is 2.20. The van der Waals surface area contributed by atoms with E-state index in [1.165, 1.54) is 10.9 Å². The topological polar surface area (TPSA) is 121 Å². The highest BCUT2D eigenvalue weighted by molar-refractivity contribution is 5.70. The summed E-state index contributed by atoms with van der Waals surface area (Å²) in [5.74, 6) is 0.625. The van der Waals surface area contributed by atoms with E-state index in [1.54, 1.807) is 47.7 Å². The number of alkyl carbamates (subject to hydrolysis) is 1. The Morgan fingerprint density at radius 3 is 2.35 bits per heavy atom. The lowest BCUT2D eigenvalue weighted by atomic mass is 10.1. The molecule has 0 saturated heterocycles. The predicted octanol–water partition coefficient (Wildman–Crippen LogP) is 4.45. The van der Waals surface area contributed by atoms with Gasteiger partial charge in [-0.15, -0.1) is 10.2 Å². The second kappa shape index (κ2) is 10.1. The molecule has 0 spiro atoms. The first kappa shape index (κ1) is 24.9. The number of hydrogen-bond acceptors (Lipinski definition) is 8. The third kappa shape index (κ3) is 7.72. The van der Waals surface area contributed by atoms with Gasteiger partial charge in [0.1, 0.15) is 23.6 Å². The molecule has 3 aromatic rings. The Morgan fingerprint density at radius 1 is 1.03 bits per heavy atom. The Bertz CT molecular complexity index is 1110. The van der Waals surface area contributed by atoms with Crippen LogP contribution in [0.1, 0.15) is 70.6 Å². The highest BCUT2D eigenvalue weighted by Gasteiger charge is 2.26. The molecule has 0 bridgehead atoms. The van der Waals surface area contributed by atoms with Gasteiger partial charge in [-0.1, -0.05) is 30.3 Å². The lowest BCUT2D eigenvalue weighted by molar-refractivity contribution is 0.0491. The number of aromatic nitrogens is 4. The monoisotopic (exact) mass is 469 g/mol. The third-order valence-electron chi connectivity index (χ3n) is 4.32. The minimum absolute atomic E-state index is 0.196. The van der Waals surface area contributed by atoms with Gasteiger partial charge in [0.2, 0.25) is 11.8 Å². The predicted molar refractivity (Wildman–Crippen MR) is 123 cm³/mol. The molecule has 0 radical (unpaired) electrons. The second-order valence-corrected chi connectivity index (χ2v) is 9.85. The molecule has 10 nitrogen and oxygen atoms in total. The standard InChI is InChI=1S/C24H31N5O5/c1-23(2,3)33-21(30)26-18(13-17-14-29(15-25-17)22(31)34-24(4,5)6)20-28-27-19(32-20)12-16-10-8-7-9-11-16/h7-11,14-15,18H,12-13H2,1-6H3,(H,26,30)/t18-/m0/s1. The van der Waals surface area contributed by atoms with Gasteiger partial charge in [-0.3, -0.25) is 0 Å². The molecule has 1 aromatic carbocycles. The van der Waals surface area contributed by atoms with Crippen LogP contribution in [0.2, 0.25) is 0 Å². The number of amides is 1. The summed E-state index contributed by atoms with van der Waals surface area (Å²) in [7, 11) is 0. The van der Waals surface area contributed by atoms with E-state index < -0.39 is 29.4 Å². The minimum Gasteiger partial charge on any atom is -0.444 e. The SMILES string of the molecule is CC(C)(C)OC(=O)N[C@@H](Cc1cn(C(=O)OC(C)(C)C)cn1)c1nnc(Cc2ccccc2)o1. The van der Waals surface area contributed by atoms with Gasteiger partial charge in [0, 0.05) is 12.6 Å². The number of carbonyl (C=O) groups excluding carboxylic acids is 2. The van der Waals surface area contributed by atoms with Gasteiger partial charge in [0.25, 0.3) is 0 Å². The van der Waals surface area contributed by atoms with E-state index in [4.69, 9.17) is 13.9 Å². The van der Waals surface area contributed by atoms with E-state index in [2.05, 4.69) is 20.5 Å². The molecule has 1 atom stereocenters. The quantitative estimate of drug-likeness (QED) is 0.562. The average molecular weight is 470 g/mol. The maximum atomic E-state index is 12.5. The van der Waals surface area contributed by atoms with Crippen molar-refractivity contribution in [2.24, 2.45) is 0 Å². The van der Waals surface area contributed by atoms with Crippen molar-refractivity contribution in [3.8, 4) is 0 Å². The molecule has 1 amide bonds. The number of benzene rings is 1. The van der Waals surface area contributed by atoms with Gasteiger partial charge in [-0.2, -0.15) is 0 Å². The molecular weight excluding hydrogens is 438 g/mol. The Labute approximate surface area is 198 Å². The molecule has 0 aliphatic heterocycles. The van der Waals surface area contributed by atoms with Gasteiger partial charge in [0.05, 0.1) is 12.1 Å². The first-order valence-corrected chi connectivity index (χ1v) is 11.0. The molecule has 0 fully saturated rings. The van der Waals surface area contributed by atoms with Crippen molar-refractivity contribution in [3.63, 3.8) is 0 Å². The third-order valence-corrected chi connectivity index (χ3v) is 4.32. The number of hydrogen-bond donors (Lipinski definition) is 1.